The Morgan fingerprint density at radius 2 is 2.00 bits per heavy atom. The molecule has 2 heteroatoms. The molecule has 0 heterocycles. The molecule has 0 fully saturated rings. The van der Waals surface area contributed by atoms with Crippen LogP contribution in [-0.2, 0) is 0 Å². The van der Waals surface area contributed by atoms with Gasteiger partial charge < -0.3 is 5.11 Å². The Bertz CT molecular complexity index is 330. The molecule has 0 spiro atoms. The van der Waals surface area contributed by atoms with Gasteiger partial charge in [0, 0.05) is 4.90 Å². The molecule has 1 N–H and O–H groups in total. The van der Waals surface area contributed by atoms with Gasteiger partial charge in [0.2, 0.25) is 0 Å². The van der Waals surface area contributed by atoms with Gasteiger partial charge in [-0.25, -0.2) is 0 Å². The Balaban J connectivity index is 2.58. The summed E-state index contributed by atoms with van der Waals surface area (Å²) in [6, 6.07) is 7.94. The Morgan fingerprint density at radius 1 is 1.36 bits per heavy atom. The number of rotatable bonds is 3. The van der Waals surface area contributed by atoms with E-state index in [9.17, 15) is 5.11 Å². The van der Waals surface area contributed by atoms with Gasteiger partial charge in [-0.2, -0.15) is 0 Å². The molecule has 0 amide bonds. The van der Waals surface area contributed by atoms with Crippen LogP contribution in [0.15, 0.2) is 29.2 Å². The van der Waals surface area contributed by atoms with Crippen molar-refractivity contribution in [2.24, 2.45) is 0 Å². The Kier molecular flexibility index (Phi) is 4.58. The van der Waals surface area contributed by atoms with Gasteiger partial charge in [0.05, 0.1) is 11.9 Å². The van der Waals surface area contributed by atoms with E-state index in [1.165, 1.54) is 4.90 Å². The summed E-state index contributed by atoms with van der Waals surface area (Å²) < 4.78 is 0. The highest BCUT2D eigenvalue weighted by molar-refractivity contribution is 7.99. The molecule has 0 radical (unpaired) electrons. The third kappa shape index (κ3) is 3.45. The summed E-state index contributed by atoms with van der Waals surface area (Å²) in [4.78, 5) is 1.19. The smallest absolute Gasteiger partial charge is 0.0761 e. The van der Waals surface area contributed by atoms with E-state index in [0.29, 0.717) is 0 Å². The van der Waals surface area contributed by atoms with Crippen molar-refractivity contribution in [1.82, 2.24) is 0 Å². The fraction of sp³-hybridized carbons (Fsp3) is 0.333. The first-order chi connectivity index (χ1) is 6.74. The van der Waals surface area contributed by atoms with Crippen LogP contribution in [0.1, 0.15) is 25.5 Å². The second kappa shape index (κ2) is 5.74. The number of aliphatic hydroxyl groups excluding tert-OH is 1. The van der Waals surface area contributed by atoms with E-state index in [-0.39, 0.29) is 6.10 Å². The van der Waals surface area contributed by atoms with Crippen LogP contribution >= 0.6 is 11.8 Å². The first-order valence-corrected chi connectivity index (χ1v) is 5.53. The molecule has 0 saturated heterocycles. The van der Waals surface area contributed by atoms with Gasteiger partial charge in [-0.3, -0.25) is 0 Å². The molecule has 0 aliphatic carbocycles. The number of aliphatic hydroxyl groups is 1. The van der Waals surface area contributed by atoms with Gasteiger partial charge >= 0.3 is 0 Å². The average molecular weight is 206 g/mol. The van der Waals surface area contributed by atoms with E-state index in [0.717, 1.165) is 11.3 Å². The average Bonchev–Trinajstić information content (AvgIpc) is 2.19. The van der Waals surface area contributed by atoms with Crippen LogP contribution in [0, 0.1) is 11.8 Å². The minimum absolute atomic E-state index is 0.385. The largest absolute Gasteiger partial charge is 0.389 e. The van der Waals surface area contributed by atoms with Crippen molar-refractivity contribution in [2.45, 2.75) is 24.8 Å². The van der Waals surface area contributed by atoms with Gasteiger partial charge in [-0.15, -0.1) is 17.7 Å². The minimum atomic E-state index is -0.385. The summed E-state index contributed by atoms with van der Waals surface area (Å²) in [5.74, 6) is 6.68. The summed E-state index contributed by atoms with van der Waals surface area (Å²) in [6.45, 7) is 3.61. The fourth-order valence-corrected chi connectivity index (χ4v) is 1.75. The van der Waals surface area contributed by atoms with Crippen LogP contribution in [0.5, 0.6) is 0 Å². The van der Waals surface area contributed by atoms with E-state index in [2.05, 4.69) is 11.8 Å². The van der Waals surface area contributed by atoms with Crippen LogP contribution in [0.2, 0.25) is 0 Å². The SMILES string of the molecule is CC#CCSc1ccc(C(C)O)cc1. The number of thioether (sulfide) groups is 1. The molecule has 1 unspecified atom stereocenters. The van der Waals surface area contributed by atoms with Crippen LogP contribution in [0.4, 0.5) is 0 Å². The maximum atomic E-state index is 9.30. The van der Waals surface area contributed by atoms with E-state index in [1.54, 1.807) is 18.7 Å². The Hall–Kier alpha value is -0.910. The normalized spacial score (nSPS) is 11.6. The molecule has 1 aromatic rings. The Morgan fingerprint density at radius 3 is 2.50 bits per heavy atom. The lowest BCUT2D eigenvalue weighted by Gasteiger charge is -2.04. The summed E-state index contributed by atoms with van der Waals surface area (Å²) >= 11 is 1.71. The van der Waals surface area contributed by atoms with E-state index < -0.39 is 0 Å². The van der Waals surface area contributed by atoms with E-state index in [4.69, 9.17) is 0 Å². The summed E-state index contributed by atoms with van der Waals surface area (Å²) in [7, 11) is 0. The summed E-state index contributed by atoms with van der Waals surface area (Å²) in [5.41, 5.74) is 0.955. The van der Waals surface area contributed by atoms with Crippen molar-refractivity contribution in [3.63, 3.8) is 0 Å². The highest BCUT2D eigenvalue weighted by Gasteiger charge is 1.99. The van der Waals surface area contributed by atoms with Crippen LogP contribution in [0.3, 0.4) is 0 Å². The molecule has 1 rings (SSSR count). The molecular weight excluding hydrogens is 192 g/mol. The van der Waals surface area contributed by atoms with Crippen molar-refractivity contribution < 1.29 is 5.11 Å². The highest BCUT2D eigenvalue weighted by atomic mass is 32.2. The topological polar surface area (TPSA) is 20.2 Å². The van der Waals surface area contributed by atoms with Gasteiger partial charge in [0.1, 0.15) is 0 Å². The molecule has 14 heavy (non-hydrogen) atoms. The lowest BCUT2D eigenvalue weighted by molar-refractivity contribution is 0.199. The van der Waals surface area contributed by atoms with Gasteiger partial charge in [0.15, 0.2) is 0 Å². The fourth-order valence-electron chi connectivity index (χ4n) is 1.03. The molecule has 1 nitrogen and oxygen atoms in total. The second-order valence-corrected chi connectivity index (χ2v) is 4.01. The summed E-state index contributed by atoms with van der Waals surface area (Å²) in [5, 5.41) is 9.30. The van der Waals surface area contributed by atoms with Crippen LogP contribution in [0.25, 0.3) is 0 Å². The predicted molar refractivity (Wildman–Crippen MR) is 61.2 cm³/mol. The maximum absolute atomic E-state index is 9.30. The maximum Gasteiger partial charge on any atom is 0.0761 e. The quantitative estimate of drug-likeness (QED) is 0.606. The highest BCUT2D eigenvalue weighted by Crippen LogP contribution is 2.20. The first kappa shape index (κ1) is 11.2. The predicted octanol–water partition coefficient (Wildman–Crippen LogP) is 2.86. The first-order valence-electron chi connectivity index (χ1n) is 4.54. The molecule has 1 aromatic carbocycles. The van der Waals surface area contributed by atoms with Gasteiger partial charge in [0.25, 0.3) is 0 Å². The number of hydrogen-bond acceptors (Lipinski definition) is 2. The zero-order valence-electron chi connectivity index (χ0n) is 8.45. The van der Waals surface area contributed by atoms with Crippen molar-refractivity contribution in [1.29, 1.82) is 0 Å². The summed E-state index contributed by atoms with van der Waals surface area (Å²) in [6.07, 6.45) is -0.385. The second-order valence-electron chi connectivity index (χ2n) is 2.96. The standard InChI is InChI=1S/C12H14OS/c1-3-4-9-14-12-7-5-11(6-8-12)10(2)13/h5-8,10,13H,9H2,1-2H3. The number of hydrogen-bond donors (Lipinski definition) is 1. The van der Waals surface area contributed by atoms with Crippen molar-refractivity contribution >= 4 is 11.8 Å². The van der Waals surface area contributed by atoms with E-state index >= 15 is 0 Å². The monoisotopic (exact) mass is 206 g/mol. The third-order valence-electron chi connectivity index (χ3n) is 1.85. The van der Waals surface area contributed by atoms with Gasteiger partial charge in [-0.1, -0.05) is 18.1 Å². The van der Waals surface area contributed by atoms with Crippen LogP contribution in [-0.4, -0.2) is 10.9 Å². The number of benzene rings is 1. The minimum Gasteiger partial charge on any atom is -0.389 e. The Labute approximate surface area is 89.5 Å². The zero-order chi connectivity index (χ0) is 10.4. The molecular formula is C12H14OS. The lowest BCUT2D eigenvalue weighted by atomic mass is 10.1. The molecule has 0 saturated carbocycles. The molecule has 0 aliphatic heterocycles. The third-order valence-corrected chi connectivity index (χ3v) is 2.74. The lowest BCUT2D eigenvalue weighted by Crippen LogP contribution is -1.89. The van der Waals surface area contributed by atoms with Crippen molar-refractivity contribution in [2.75, 3.05) is 5.75 Å². The molecule has 0 aromatic heterocycles. The van der Waals surface area contributed by atoms with Crippen LogP contribution < -0.4 is 0 Å². The molecule has 74 valence electrons. The van der Waals surface area contributed by atoms with Crippen molar-refractivity contribution in [3.05, 3.63) is 29.8 Å². The zero-order valence-corrected chi connectivity index (χ0v) is 9.27. The van der Waals surface area contributed by atoms with E-state index in [1.807, 2.05) is 31.2 Å². The van der Waals surface area contributed by atoms with Gasteiger partial charge in [-0.05, 0) is 31.5 Å². The molecule has 1 atom stereocenters. The van der Waals surface area contributed by atoms with Crippen molar-refractivity contribution in [3.8, 4) is 11.8 Å². The molecule has 0 aliphatic rings. The molecule has 0 bridgehead atoms.